The van der Waals surface area contributed by atoms with Crippen LogP contribution in [0.4, 0.5) is 11.6 Å². The molecule has 0 spiro atoms. The lowest BCUT2D eigenvalue weighted by molar-refractivity contribution is 1.02. The van der Waals surface area contributed by atoms with Crippen molar-refractivity contribution >= 4 is 38.5 Å². The normalized spacial score (nSPS) is 10.8. The van der Waals surface area contributed by atoms with Gasteiger partial charge in [-0.2, -0.15) is 0 Å². The van der Waals surface area contributed by atoms with Gasteiger partial charge in [-0.05, 0) is 39.7 Å². The minimum atomic E-state index is 0.239. The molecule has 0 amide bonds. The molecule has 0 unspecified atom stereocenters. The van der Waals surface area contributed by atoms with Gasteiger partial charge in [-0.1, -0.05) is 12.1 Å². The third-order valence-corrected chi connectivity index (χ3v) is 3.65. The van der Waals surface area contributed by atoms with Crippen molar-refractivity contribution in [2.45, 2.75) is 6.42 Å². The van der Waals surface area contributed by atoms with E-state index in [0.29, 0.717) is 11.0 Å². The third-order valence-electron chi connectivity index (χ3n) is 3.01. The summed E-state index contributed by atoms with van der Waals surface area (Å²) in [6.07, 6.45) is 2.41. The molecule has 0 saturated carbocycles. The number of aromatic nitrogens is 3. The number of rotatable bonds is 2. The molecule has 0 aliphatic carbocycles. The van der Waals surface area contributed by atoms with E-state index in [4.69, 9.17) is 11.5 Å². The maximum Gasteiger partial charge on any atom is 0.167 e. The van der Waals surface area contributed by atoms with Crippen LogP contribution in [0, 0.1) is 0 Å². The summed E-state index contributed by atoms with van der Waals surface area (Å²) in [6, 6.07) is 10.1. The van der Waals surface area contributed by atoms with E-state index in [1.165, 1.54) is 0 Å². The number of nitrogens with two attached hydrogens (primary N) is 2. The zero-order valence-corrected chi connectivity index (χ0v) is 12.1. The Labute approximate surface area is 124 Å². The Morgan fingerprint density at radius 2 is 1.85 bits per heavy atom. The lowest BCUT2D eigenvalue weighted by Gasteiger charge is -2.07. The highest BCUT2D eigenvalue weighted by atomic mass is 79.9. The molecule has 0 atom stereocenters. The van der Waals surface area contributed by atoms with Crippen LogP contribution >= 0.6 is 15.9 Å². The molecule has 0 aliphatic heterocycles. The quantitative estimate of drug-likeness (QED) is 0.753. The maximum absolute atomic E-state index is 5.70. The summed E-state index contributed by atoms with van der Waals surface area (Å²) >= 11 is 3.37. The molecule has 4 N–H and O–H groups in total. The minimum absolute atomic E-state index is 0.239. The van der Waals surface area contributed by atoms with Crippen molar-refractivity contribution in [1.29, 1.82) is 0 Å². The van der Waals surface area contributed by atoms with Crippen LogP contribution in [0.2, 0.25) is 0 Å². The monoisotopic (exact) mass is 329 g/mol. The molecule has 20 heavy (non-hydrogen) atoms. The fraction of sp³-hybridized carbons (Fsp3) is 0.0714. The summed E-state index contributed by atoms with van der Waals surface area (Å²) in [5.41, 5.74) is 14.2. The average Bonchev–Trinajstić information content (AvgIpc) is 2.44. The first-order valence-electron chi connectivity index (χ1n) is 6.04. The maximum atomic E-state index is 5.70. The SMILES string of the molecule is Nc1nc(Br)c(Cc2ccc3ncccc3c2)nc1N. The third kappa shape index (κ3) is 2.42. The van der Waals surface area contributed by atoms with Crippen molar-refractivity contribution in [3.63, 3.8) is 0 Å². The Kier molecular flexibility index (Phi) is 3.23. The highest BCUT2D eigenvalue weighted by Gasteiger charge is 2.09. The van der Waals surface area contributed by atoms with E-state index in [1.807, 2.05) is 24.3 Å². The lowest BCUT2D eigenvalue weighted by atomic mass is 10.1. The Bertz CT molecular complexity index is 788. The number of nitrogen functional groups attached to an aromatic ring is 2. The van der Waals surface area contributed by atoms with Gasteiger partial charge >= 0.3 is 0 Å². The van der Waals surface area contributed by atoms with Gasteiger partial charge in [-0.25, -0.2) is 9.97 Å². The zero-order chi connectivity index (χ0) is 14.1. The van der Waals surface area contributed by atoms with Gasteiger partial charge < -0.3 is 11.5 Å². The number of nitrogens with zero attached hydrogens (tertiary/aromatic N) is 3. The van der Waals surface area contributed by atoms with Crippen LogP contribution in [0.3, 0.4) is 0 Å². The first-order chi connectivity index (χ1) is 9.63. The Balaban J connectivity index is 1.99. The summed E-state index contributed by atoms with van der Waals surface area (Å²) < 4.78 is 0.621. The number of hydrogen-bond acceptors (Lipinski definition) is 5. The molecule has 3 rings (SSSR count). The molecule has 3 aromatic rings. The Morgan fingerprint density at radius 3 is 2.70 bits per heavy atom. The van der Waals surface area contributed by atoms with Crippen LogP contribution in [0.5, 0.6) is 0 Å². The Morgan fingerprint density at radius 1 is 1.05 bits per heavy atom. The van der Waals surface area contributed by atoms with Crippen LogP contribution in [-0.2, 0) is 6.42 Å². The van der Waals surface area contributed by atoms with Gasteiger partial charge in [-0.15, -0.1) is 0 Å². The van der Waals surface area contributed by atoms with E-state index in [0.717, 1.165) is 22.2 Å². The highest BCUT2D eigenvalue weighted by Crippen LogP contribution is 2.22. The van der Waals surface area contributed by atoms with Gasteiger partial charge in [0, 0.05) is 18.0 Å². The molecule has 0 bridgehead atoms. The van der Waals surface area contributed by atoms with Gasteiger partial charge in [0.2, 0.25) is 0 Å². The molecule has 0 fully saturated rings. The fourth-order valence-electron chi connectivity index (χ4n) is 2.02. The first kappa shape index (κ1) is 12.8. The molecule has 1 aromatic carbocycles. The molecule has 5 nitrogen and oxygen atoms in total. The topological polar surface area (TPSA) is 90.7 Å². The molecular weight excluding hydrogens is 318 g/mol. The second kappa shape index (κ2) is 5.05. The molecule has 2 aromatic heterocycles. The molecule has 6 heteroatoms. The molecule has 100 valence electrons. The standard InChI is InChI=1S/C14H12BrN5/c15-12-11(19-13(16)14(17)20-12)7-8-3-4-10-9(6-8)2-1-5-18-10/h1-6H,7H2,(H2,16,19)(H2,17,20). The molecule has 0 saturated heterocycles. The largest absolute Gasteiger partial charge is 0.381 e. The van der Waals surface area contributed by atoms with Crippen molar-refractivity contribution in [2.24, 2.45) is 0 Å². The van der Waals surface area contributed by atoms with Crippen molar-refractivity contribution in [1.82, 2.24) is 15.0 Å². The van der Waals surface area contributed by atoms with Crippen molar-refractivity contribution < 1.29 is 0 Å². The number of hydrogen-bond donors (Lipinski definition) is 2. The van der Waals surface area contributed by atoms with Crippen LogP contribution < -0.4 is 11.5 Å². The first-order valence-corrected chi connectivity index (χ1v) is 6.84. The van der Waals surface area contributed by atoms with E-state index < -0.39 is 0 Å². The number of benzene rings is 1. The van der Waals surface area contributed by atoms with E-state index in [2.05, 4.69) is 36.9 Å². The van der Waals surface area contributed by atoms with E-state index >= 15 is 0 Å². The minimum Gasteiger partial charge on any atom is -0.381 e. The second-order valence-corrected chi connectivity index (χ2v) is 5.19. The Hall–Kier alpha value is -2.21. The van der Waals surface area contributed by atoms with Crippen molar-refractivity contribution in [3.05, 3.63) is 52.4 Å². The molecule has 2 heterocycles. The molecule has 0 aliphatic rings. The smallest absolute Gasteiger partial charge is 0.167 e. The summed E-state index contributed by atoms with van der Waals surface area (Å²) in [7, 11) is 0. The second-order valence-electron chi connectivity index (χ2n) is 4.44. The van der Waals surface area contributed by atoms with Crippen molar-refractivity contribution in [2.75, 3.05) is 11.5 Å². The summed E-state index contributed by atoms with van der Waals surface area (Å²) in [5.74, 6) is 0.494. The van der Waals surface area contributed by atoms with Gasteiger partial charge in [0.15, 0.2) is 11.6 Å². The van der Waals surface area contributed by atoms with E-state index in [9.17, 15) is 0 Å². The van der Waals surface area contributed by atoms with Crippen LogP contribution in [-0.4, -0.2) is 15.0 Å². The lowest BCUT2D eigenvalue weighted by Crippen LogP contribution is -2.05. The molecular formula is C14H12BrN5. The number of halogens is 1. The summed E-state index contributed by atoms with van der Waals surface area (Å²) in [6.45, 7) is 0. The highest BCUT2D eigenvalue weighted by molar-refractivity contribution is 9.10. The number of pyridine rings is 1. The van der Waals surface area contributed by atoms with Crippen LogP contribution in [0.1, 0.15) is 11.3 Å². The number of anilines is 2. The van der Waals surface area contributed by atoms with E-state index in [-0.39, 0.29) is 11.6 Å². The van der Waals surface area contributed by atoms with Crippen LogP contribution in [0.25, 0.3) is 10.9 Å². The van der Waals surface area contributed by atoms with E-state index in [1.54, 1.807) is 6.20 Å². The van der Waals surface area contributed by atoms with Gasteiger partial charge in [0.25, 0.3) is 0 Å². The summed E-state index contributed by atoms with van der Waals surface area (Å²) in [4.78, 5) is 12.7. The van der Waals surface area contributed by atoms with Gasteiger partial charge in [0.1, 0.15) is 4.60 Å². The van der Waals surface area contributed by atoms with Gasteiger partial charge in [0.05, 0.1) is 11.2 Å². The summed E-state index contributed by atoms with van der Waals surface area (Å²) in [5, 5.41) is 1.09. The van der Waals surface area contributed by atoms with Crippen LogP contribution in [0.15, 0.2) is 41.1 Å². The fourth-order valence-corrected chi connectivity index (χ4v) is 2.44. The molecule has 0 radical (unpaired) electrons. The predicted octanol–water partition coefficient (Wildman–Crippen LogP) is 2.54. The van der Waals surface area contributed by atoms with Crippen molar-refractivity contribution in [3.8, 4) is 0 Å². The zero-order valence-electron chi connectivity index (χ0n) is 10.5. The number of fused-ring (bicyclic) bond motifs is 1. The predicted molar refractivity (Wildman–Crippen MR) is 83.1 cm³/mol. The van der Waals surface area contributed by atoms with Gasteiger partial charge in [-0.3, -0.25) is 4.98 Å². The average molecular weight is 330 g/mol.